The van der Waals surface area contributed by atoms with E-state index in [-0.39, 0.29) is 32.2 Å². The molecule has 0 saturated carbocycles. The number of esters is 2. The molecule has 0 spiro atoms. The lowest BCUT2D eigenvalue weighted by atomic mass is 10.0. The summed E-state index contributed by atoms with van der Waals surface area (Å²) in [5.74, 6) is -2.27. The predicted octanol–water partition coefficient (Wildman–Crippen LogP) is 14.6. The Morgan fingerprint density at radius 1 is 0.463 bits per heavy atom. The molecule has 0 heterocycles. The van der Waals surface area contributed by atoms with Crippen LogP contribution in [0.2, 0.25) is 0 Å². The minimum absolute atomic E-state index is 0.149. The Balaban J connectivity index is 4.15. The van der Waals surface area contributed by atoms with Gasteiger partial charge in [0.1, 0.15) is 13.2 Å². The highest BCUT2D eigenvalue weighted by Crippen LogP contribution is 2.16. The normalized spacial score (nSPS) is 13.1. The zero-order chi connectivity index (χ0) is 49.2. The van der Waals surface area contributed by atoms with Crippen molar-refractivity contribution in [3.8, 4) is 0 Å². The number of quaternary nitrogens is 1. The Bertz CT molecular complexity index is 1240. The predicted molar refractivity (Wildman–Crippen MR) is 279 cm³/mol. The summed E-state index contributed by atoms with van der Waals surface area (Å²) in [6.45, 7) is 4.65. The number of allylic oxidation sites excluding steroid dienone is 8. The molecule has 0 aliphatic rings. The van der Waals surface area contributed by atoms with Crippen molar-refractivity contribution in [1.82, 2.24) is 0 Å². The van der Waals surface area contributed by atoms with Crippen LogP contribution in [0, 0.1) is 0 Å². The van der Waals surface area contributed by atoms with Crippen LogP contribution >= 0.6 is 0 Å². The van der Waals surface area contributed by atoms with Gasteiger partial charge in [-0.1, -0.05) is 229 Å². The fraction of sp³-hybridized carbons (Fsp3) is 0.810. The molecule has 0 rings (SSSR count). The maximum Gasteiger partial charge on any atom is 0.306 e. The second-order valence-electron chi connectivity index (χ2n) is 19.9. The number of aliphatic carboxylic acids is 1. The van der Waals surface area contributed by atoms with E-state index in [1.807, 2.05) is 21.1 Å². The molecule has 0 radical (unpaired) electrons. The van der Waals surface area contributed by atoms with Crippen LogP contribution in [0.3, 0.4) is 0 Å². The van der Waals surface area contributed by atoms with E-state index < -0.39 is 24.3 Å². The molecule has 0 aromatic heterocycles. The molecule has 0 aromatic rings. The van der Waals surface area contributed by atoms with Gasteiger partial charge in [-0.25, -0.2) is 0 Å². The number of carboxylic acid groups (broad SMARTS) is 1. The SMILES string of the molecule is CC/C=C\C/C=C\C/C=C\C/C=C\CCCCCCCCCCCCCCCCCCC(=O)OC(COC(=O)CCCCCCCCCCCCCCC)COC(OCC[N+](C)(C)C)C(=O)[O-]. The number of rotatable bonds is 51. The lowest BCUT2D eigenvalue weighted by Gasteiger charge is -2.26. The smallest absolute Gasteiger partial charge is 0.306 e. The summed E-state index contributed by atoms with van der Waals surface area (Å²) >= 11 is 0. The third kappa shape index (κ3) is 50.9. The number of likely N-dealkylation sites (N-methyl/N-ethyl adjacent to an activating group) is 1. The molecule has 0 amide bonds. The third-order valence-corrected chi connectivity index (χ3v) is 12.1. The van der Waals surface area contributed by atoms with Gasteiger partial charge in [0.15, 0.2) is 12.4 Å². The molecule has 0 fully saturated rings. The van der Waals surface area contributed by atoms with Crippen molar-refractivity contribution in [2.24, 2.45) is 0 Å². The van der Waals surface area contributed by atoms with Crippen molar-refractivity contribution in [1.29, 1.82) is 0 Å². The Hall–Kier alpha value is -2.75. The monoisotopic (exact) mass is 944 g/mol. The lowest BCUT2D eigenvalue weighted by molar-refractivity contribution is -0.870. The van der Waals surface area contributed by atoms with Gasteiger partial charge in [0.05, 0.1) is 40.3 Å². The van der Waals surface area contributed by atoms with Gasteiger partial charge in [-0.2, -0.15) is 0 Å². The topological polar surface area (TPSA) is 111 Å². The first-order valence-electron chi connectivity index (χ1n) is 27.8. The average molecular weight is 944 g/mol. The third-order valence-electron chi connectivity index (χ3n) is 12.1. The number of carboxylic acids is 1. The zero-order valence-corrected chi connectivity index (χ0v) is 44.3. The second-order valence-corrected chi connectivity index (χ2v) is 19.9. The molecule has 0 N–H and O–H groups in total. The van der Waals surface area contributed by atoms with E-state index in [1.165, 1.54) is 154 Å². The first kappa shape index (κ1) is 64.2. The number of ether oxygens (including phenoxy) is 4. The van der Waals surface area contributed by atoms with Crippen LogP contribution in [0.5, 0.6) is 0 Å². The first-order valence-corrected chi connectivity index (χ1v) is 27.8. The van der Waals surface area contributed by atoms with Gasteiger partial charge < -0.3 is 33.3 Å². The van der Waals surface area contributed by atoms with E-state index in [2.05, 4.69) is 62.5 Å². The van der Waals surface area contributed by atoms with Crippen LogP contribution in [0.25, 0.3) is 0 Å². The van der Waals surface area contributed by atoms with E-state index in [9.17, 15) is 19.5 Å². The van der Waals surface area contributed by atoms with Crippen LogP contribution in [0.1, 0.15) is 245 Å². The van der Waals surface area contributed by atoms with Crippen LogP contribution in [-0.4, -0.2) is 82.3 Å². The lowest BCUT2D eigenvalue weighted by Crippen LogP contribution is -2.44. The summed E-state index contributed by atoms with van der Waals surface area (Å²) in [7, 11) is 5.92. The van der Waals surface area contributed by atoms with E-state index in [0.29, 0.717) is 23.9 Å². The Kier molecular flexibility index (Phi) is 47.6. The molecule has 9 nitrogen and oxygen atoms in total. The number of unbranched alkanes of at least 4 members (excludes halogenated alkanes) is 28. The summed E-state index contributed by atoms with van der Waals surface area (Å²) in [5, 5.41) is 11.7. The fourth-order valence-corrected chi connectivity index (χ4v) is 7.82. The van der Waals surface area contributed by atoms with E-state index in [1.54, 1.807) is 0 Å². The van der Waals surface area contributed by atoms with Gasteiger partial charge in [0.2, 0.25) is 0 Å². The number of nitrogens with zero attached hydrogens (tertiary/aromatic N) is 1. The van der Waals surface area contributed by atoms with Gasteiger partial charge in [-0.05, 0) is 51.4 Å². The first-order chi connectivity index (χ1) is 32.6. The van der Waals surface area contributed by atoms with Crippen molar-refractivity contribution >= 4 is 17.9 Å². The van der Waals surface area contributed by atoms with Gasteiger partial charge in [-0.15, -0.1) is 0 Å². The molecule has 0 aliphatic carbocycles. The number of carbonyl (C=O) groups is 3. The maximum absolute atomic E-state index is 12.8. The fourth-order valence-electron chi connectivity index (χ4n) is 7.82. The highest BCUT2D eigenvalue weighted by Gasteiger charge is 2.22. The van der Waals surface area contributed by atoms with Crippen molar-refractivity contribution in [3.05, 3.63) is 48.6 Å². The standard InChI is InChI=1S/C58H105NO8/c1-6-8-10-12-14-16-18-20-21-22-23-24-25-26-27-28-29-30-31-32-33-34-35-37-39-41-43-45-47-49-56(61)67-54(53-66-58(57(62)63)64-51-50-59(3,4)5)52-65-55(60)48-46-44-42-40-38-36-19-17-15-13-11-9-7-2/h8,10,14,16,20-21,23-24,54,58H,6-7,9,11-13,15,17-19,22,25-53H2,1-5H3/b10-8-,16-14-,21-20-,24-23-. The van der Waals surface area contributed by atoms with Gasteiger partial charge in [0.25, 0.3) is 0 Å². The highest BCUT2D eigenvalue weighted by molar-refractivity contribution is 5.70. The van der Waals surface area contributed by atoms with Crippen LogP contribution in [0.15, 0.2) is 48.6 Å². The summed E-state index contributed by atoms with van der Waals surface area (Å²) in [6.07, 6.45) is 57.3. The van der Waals surface area contributed by atoms with Gasteiger partial charge in [-0.3, -0.25) is 9.59 Å². The average Bonchev–Trinajstić information content (AvgIpc) is 3.29. The van der Waals surface area contributed by atoms with Crippen LogP contribution in [-0.2, 0) is 33.3 Å². The molecule has 67 heavy (non-hydrogen) atoms. The van der Waals surface area contributed by atoms with Crippen LogP contribution < -0.4 is 5.11 Å². The van der Waals surface area contributed by atoms with Crippen molar-refractivity contribution in [2.45, 2.75) is 257 Å². The number of hydrogen-bond donors (Lipinski definition) is 0. The summed E-state index contributed by atoms with van der Waals surface area (Å²) in [4.78, 5) is 37.2. The van der Waals surface area contributed by atoms with Crippen molar-refractivity contribution in [3.63, 3.8) is 0 Å². The molecule has 0 bridgehead atoms. The van der Waals surface area contributed by atoms with E-state index in [4.69, 9.17) is 18.9 Å². The van der Waals surface area contributed by atoms with E-state index in [0.717, 1.165) is 57.8 Å². The minimum Gasteiger partial charge on any atom is -0.545 e. The maximum atomic E-state index is 12.8. The Morgan fingerprint density at radius 2 is 0.851 bits per heavy atom. The molecular formula is C58H105NO8. The molecule has 9 heteroatoms. The summed E-state index contributed by atoms with van der Waals surface area (Å²) in [5.41, 5.74) is 0. The molecule has 0 saturated heterocycles. The quantitative estimate of drug-likeness (QED) is 0.0195. The zero-order valence-electron chi connectivity index (χ0n) is 44.3. The molecule has 390 valence electrons. The number of carbonyl (C=O) groups excluding carboxylic acids is 3. The van der Waals surface area contributed by atoms with Crippen molar-refractivity contribution in [2.75, 3.05) is 47.5 Å². The Labute approximate surface area is 412 Å². The minimum atomic E-state index is -1.62. The molecule has 0 aliphatic heterocycles. The van der Waals surface area contributed by atoms with Gasteiger partial charge in [0, 0.05) is 12.8 Å². The molecule has 2 unspecified atom stereocenters. The largest absolute Gasteiger partial charge is 0.545 e. The highest BCUT2D eigenvalue weighted by atomic mass is 16.7. The molecule has 2 atom stereocenters. The van der Waals surface area contributed by atoms with Gasteiger partial charge >= 0.3 is 11.9 Å². The Morgan fingerprint density at radius 3 is 1.27 bits per heavy atom. The summed E-state index contributed by atoms with van der Waals surface area (Å²) in [6, 6.07) is 0. The molecular weight excluding hydrogens is 839 g/mol. The van der Waals surface area contributed by atoms with Crippen LogP contribution in [0.4, 0.5) is 0 Å². The van der Waals surface area contributed by atoms with Crippen molar-refractivity contribution < 1.29 is 42.9 Å². The summed E-state index contributed by atoms with van der Waals surface area (Å²) < 4.78 is 22.7. The second kappa shape index (κ2) is 49.7. The number of hydrogen-bond acceptors (Lipinski definition) is 8. The van der Waals surface area contributed by atoms with E-state index >= 15 is 0 Å². The molecule has 0 aromatic carbocycles.